The molecule has 0 saturated carbocycles. The van der Waals surface area contributed by atoms with Gasteiger partial charge in [0.25, 0.3) is 5.91 Å². The first kappa shape index (κ1) is 24.1. The molecule has 0 bridgehead atoms. The van der Waals surface area contributed by atoms with Crippen molar-refractivity contribution in [1.82, 2.24) is 24.8 Å². The SMILES string of the molecule is CC(=O)N1CCN(C(=O)c2ccc(Nc3nc(-c4sc(C)nc4C)cs3)nc2)C(C(F)(F)F)C1. The minimum atomic E-state index is -4.66. The van der Waals surface area contributed by atoms with Crippen molar-refractivity contribution in [3.63, 3.8) is 0 Å². The number of carbonyl (C=O) groups is 2. The van der Waals surface area contributed by atoms with E-state index >= 15 is 0 Å². The molecule has 0 aromatic carbocycles. The fraction of sp³-hybridized carbons (Fsp3) is 0.381. The Labute approximate surface area is 201 Å². The summed E-state index contributed by atoms with van der Waals surface area (Å²) in [5.74, 6) is -0.829. The van der Waals surface area contributed by atoms with Gasteiger partial charge in [-0.15, -0.1) is 22.7 Å². The van der Waals surface area contributed by atoms with Gasteiger partial charge in [-0.05, 0) is 26.0 Å². The number of alkyl halides is 3. The summed E-state index contributed by atoms with van der Waals surface area (Å²) in [5.41, 5.74) is 1.73. The molecule has 0 radical (unpaired) electrons. The van der Waals surface area contributed by atoms with E-state index in [4.69, 9.17) is 0 Å². The van der Waals surface area contributed by atoms with Crippen LogP contribution in [0.5, 0.6) is 0 Å². The van der Waals surface area contributed by atoms with Gasteiger partial charge in [-0.25, -0.2) is 15.0 Å². The molecule has 1 unspecified atom stereocenters. The number of aromatic nitrogens is 3. The van der Waals surface area contributed by atoms with E-state index in [1.165, 1.54) is 36.6 Å². The Hall–Kier alpha value is -3.06. The van der Waals surface area contributed by atoms with E-state index < -0.39 is 30.6 Å². The summed E-state index contributed by atoms with van der Waals surface area (Å²) in [6.45, 7) is 4.33. The van der Waals surface area contributed by atoms with Crippen molar-refractivity contribution in [3.05, 3.63) is 40.0 Å². The maximum absolute atomic E-state index is 13.6. The molecular formula is C21H21F3N6O2S2. The Morgan fingerprint density at radius 3 is 2.53 bits per heavy atom. The van der Waals surface area contributed by atoms with E-state index in [1.54, 1.807) is 11.3 Å². The number of nitrogens with one attached hydrogen (secondary N) is 1. The predicted molar refractivity (Wildman–Crippen MR) is 123 cm³/mol. The lowest BCUT2D eigenvalue weighted by molar-refractivity contribution is -0.189. The zero-order valence-electron chi connectivity index (χ0n) is 18.5. The number of hydrogen-bond donors (Lipinski definition) is 1. The number of pyridine rings is 1. The van der Waals surface area contributed by atoms with Crippen molar-refractivity contribution in [2.75, 3.05) is 25.0 Å². The second kappa shape index (κ2) is 9.29. The average molecular weight is 511 g/mol. The van der Waals surface area contributed by atoms with Gasteiger partial charge in [-0.2, -0.15) is 13.2 Å². The van der Waals surface area contributed by atoms with Crippen LogP contribution in [-0.4, -0.2) is 68.4 Å². The largest absolute Gasteiger partial charge is 0.410 e. The number of hydrogen-bond acceptors (Lipinski definition) is 8. The first-order valence-corrected chi connectivity index (χ1v) is 12.0. The maximum Gasteiger partial charge on any atom is 0.410 e. The Morgan fingerprint density at radius 1 is 1.18 bits per heavy atom. The topological polar surface area (TPSA) is 91.3 Å². The molecule has 2 amide bonds. The lowest BCUT2D eigenvalue weighted by Gasteiger charge is -2.41. The fourth-order valence-electron chi connectivity index (χ4n) is 3.67. The van der Waals surface area contributed by atoms with E-state index in [0.29, 0.717) is 10.9 Å². The Bertz CT molecular complexity index is 1210. The molecule has 1 saturated heterocycles. The molecule has 1 fully saturated rings. The average Bonchev–Trinajstić information content (AvgIpc) is 3.38. The maximum atomic E-state index is 13.6. The van der Waals surface area contributed by atoms with Crippen LogP contribution in [0, 0.1) is 13.8 Å². The highest BCUT2D eigenvalue weighted by molar-refractivity contribution is 7.16. The normalized spacial score (nSPS) is 16.6. The molecule has 8 nitrogen and oxygen atoms in total. The van der Waals surface area contributed by atoms with E-state index in [9.17, 15) is 22.8 Å². The number of aryl methyl sites for hydroxylation is 2. The number of nitrogens with zero attached hydrogens (tertiary/aromatic N) is 5. The minimum Gasteiger partial charge on any atom is -0.339 e. The third-order valence-corrected chi connectivity index (χ3v) is 7.20. The third kappa shape index (κ3) is 5.04. The van der Waals surface area contributed by atoms with E-state index in [1.807, 2.05) is 19.2 Å². The molecular weight excluding hydrogens is 489 g/mol. The Balaban J connectivity index is 1.46. The molecule has 4 rings (SSSR count). The number of anilines is 2. The highest BCUT2D eigenvalue weighted by atomic mass is 32.1. The first-order valence-electron chi connectivity index (χ1n) is 10.3. The van der Waals surface area contributed by atoms with Crippen LogP contribution in [0.4, 0.5) is 24.1 Å². The van der Waals surface area contributed by atoms with Gasteiger partial charge in [0.05, 0.1) is 33.4 Å². The highest BCUT2D eigenvalue weighted by Crippen LogP contribution is 2.33. The number of piperazine rings is 1. The van der Waals surface area contributed by atoms with Crippen molar-refractivity contribution in [3.8, 4) is 10.6 Å². The third-order valence-electron chi connectivity index (χ3n) is 5.35. The Morgan fingerprint density at radius 2 is 1.94 bits per heavy atom. The summed E-state index contributed by atoms with van der Waals surface area (Å²) in [4.78, 5) is 40.4. The number of thiazole rings is 2. The summed E-state index contributed by atoms with van der Waals surface area (Å²) in [7, 11) is 0. The minimum absolute atomic E-state index is 0.0339. The van der Waals surface area contributed by atoms with Crippen LogP contribution in [-0.2, 0) is 4.79 Å². The van der Waals surface area contributed by atoms with Crippen LogP contribution in [0.3, 0.4) is 0 Å². The molecule has 4 heterocycles. The molecule has 0 aliphatic carbocycles. The van der Waals surface area contributed by atoms with Gasteiger partial charge in [0.1, 0.15) is 11.9 Å². The molecule has 34 heavy (non-hydrogen) atoms. The smallest absolute Gasteiger partial charge is 0.339 e. The van der Waals surface area contributed by atoms with Crippen LogP contribution in [0.1, 0.15) is 28.0 Å². The lowest BCUT2D eigenvalue weighted by Crippen LogP contribution is -2.61. The molecule has 0 spiro atoms. The van der Waals surface area contributed by atoms with Crippen LogP contribution in [0.2, 0.25) is 0 Å². The fourth-order valence-corrected chi connectivity index (χ4v) is 5.33. The molecule has 180 valence electrons. The van der Waals surface area contributed by atoms with Crippen molar-refractivity contribution in [1.29, 1.82) is 0 Å². The molecule has 13 heteroatoms. The van der Waals surface area contributed by atoms with Gasteiger partial charge in [0, 0.05) is 31.6 Å². The Kier molecular flexibility index (Phi) is 6.58. The van der Waals surface area contributed by atoms with Gasteiger partial charge < -0.3 is 15.1 Å². The van der Waals surface area contributed by atoms with Gasteiger partial charge >= 0.3 is 6.18 Å². The zero-order valence-corrected chi connectivity index (χ0v) is 20.1. The van der Waals surface area contributed by atoms with Gasteiger partial charge in [0.2, 0.25) is 5.91 Å². The number of rotatable bonds is 4. The lowest BCUT2D eigenvalue weighted by atomic mass is 10.1. The van der Waals surface area contributed by atoms with E-state index in [-0.39, 0.29) is 18.7 Å². The number of halogens is 3. The highest BCUT2D eigenvalue weighted by Gasteiger charge is 2.48. The second-order valence-electron chi connectivity index (χ2n) is 7.76. The predicted octanol–water partition coefficient (Wildman–Crippen LogP) is 4.26. The molecule has 1 atom stereocenters. The van der Waals surface area contributed by atoms with Crippen molar-refractivity contribution < 1.29 is 22.8 Å². The quantitative estimate of drug-likeness (QED) is 0.564. The van der Waals surface area contributed by atoms with E-state index in [0.717, 1.165) is 31.1 Å². The molecule has 1 N–H and O–H groups in total. The molecule has 1 aliphatic heterocycles. The summed E-state index contributed by atoms with van der Waals surface area (Å²) in [5, 5.41) is 6.49. The van der Waals surface area contributed by atoms with Gasteiger partial charge in [-0.3, -0.25) is 9.59 Å². The summed E-state index contributed by atoms with van der Waals surface area (Å²) >= 11 is 2.94. The first-order chi connectivity index (χ1) is 16.0. The van der Waals surface area contributed by atoms with Crippen LogP contribution >= 0.6 is 22.7 Å². The van der Waals surface area contributed by atoms with Gasteiger partial charge in [-0.1, -0.05) is 0 Å². The monoisotopic (exact) mass is 510 g/mol. The molecule has 3 aromatic heterocycles. The number of carbonyl (C=O) groups excluding carboxylic acids is 2. The van der Waals surface area contributed by atoms with Crippen molar-refractivity contribution in [2.45, 2.75) is 33.0 Å². The van der Waals surface area contributed by atoms with Gasteiger partial charge in [0.15, 0.2) is 5.13 Å². The van der Waals surface area contributed by atoms with Crippen LogP contribution in [0.25, 0.3) is 10.6 Å². The van der Waals surface area contributed by atoms with Crippen LogP contribution in [0.15, 0.2) is 23.7 Å². The standard InChI is InChI=1S/C21H21F3N6O2S2/c1-11-18(34-12(2)26-11)15-10-33-20(27-15)28-17-5-4-14(8-25-17)19(32)30-7-6-29(13(3)31)9-16(30)21(22,23)24/h4-5,8,10,16H,6-7,9H2,1-3H3,(H,25,27,28). The zero-order chi connectivity index (χ0) is 24.6. The summed E-state index contributed by atoms with van der Waals surface area (Å²) < 4.78 is 40.8. The number of amides is 2. The van der Waals surface area contributed by atoms with Crippen molar-refractivity contribution in [2.24, 2.45) is 0 Å². The van der Waals surface area contributed by atoms with Crippen LogP contribution < -0.4 is 5.32 Å². The van der Waals surface area contributed by atoms with Crippen molar-refractivity contribution >= 4 is 45.4 Å². The summed E-state index contributed by atoms with van der Waals surface area (Å²) in [6, 6.07) is 0.876. The molecule has 1 aliphatic rings. The molecule has 3 aromatic rings. The summed E-state index contributed by atoms with van der Waals surface area (Å²) in [6.07, 6.45) is -3.42. The van der Waals surface area contributed by atoms with E-state index in [2.05, 4.69) is 20.3 Å². The second-order valence-corrected chi connectivity index (χ2v) is 9.82.